The number of benzene rings is 1. The molecule has 1 aliphatic rings. The highest BCUT2D eigenvalue weighted by atomic mass is 15.2. The smallest absolute Gasteiger partial charge is 0.150 e. The number of hydrogen-bond acceptors (Lipinski definition) is 4. The molecule has 0 amide bonds. The Morgan fingerprint density at radius 1 is 1.29 bits per heavy atom. The highest BCUT2D eigenvalue weighted by Crippen LogP contribution is 2.30. The van der Waals surface area contributed by atoms with Crippen molar-refractivity contribution in [2.75, 3.05) is 23.8 Å². The average molecular weight is 282 g/mol. The van der Waals surface area contributed by atoms with E-state index in [9.17, 15) is 0 Å². The highest BCUT2D eigenvalue weighted by Gasteiger charge is 2.22. The van der Waals surface area contributed by atoms with Crippen molar-refractivity contribution in [1.82, 2.24) is 9.97 Å². The molecule has 0 aliphatic carbocycles. The molecular weight excluding hydrogens is 260 g/mol. The second-order valence-electron chi connectivity index (χ2n) is 5.88. The average Bonchev–Trinajstić information content (AvgIpc) is 2.46. The molecule has 2 heterocycles. The van der Waals surface area contributed by atoms with Gasteiger partial charge in [-0.25, -0.2) is 9.97 Å². The SMILES string of the molecule is CNc1cc(C)nc(CN2CC(C)Cc3ccccc32)n1. The third kappa shape index (κ3) is 2.99. The summed E-state index contributed by atoms with van der Waals surface area (Å²) in [6.45, 7) is 6.14. The summed E-state index contributed by atoms with van der Waals surface area (Å²) in [5, 5.41) is 3.10. The van der Waals surface area contributed by atoms with E-state index in [-0.39, 0.29) is 0 Å². The Labute approximate surface area is 126 Å². The molecule has 4 nitrogen and oxygen atoms in total. The lowest BCUT2D eigenvalue weighted by molar-refractivity contribution is 0.526. The summed E-state index contributed by atoms with van der Waals surface area (Å²) in [5.41, 5.74) is 3.76. The van der Waals surface area contributed by atoms with E-state index in [1.54, 1.807) is 0 Å². The molecule has 0 fully saturated rings. The Morgan fingerprint density at radius 2 is 2.10 bits per heavy atom. The first kappa shape index (κ1) is 13.9. The molecule has 1 atom stereocenters. The minimum atomic E-state index is 0.661. The van der Waals surface area contributed by atoms with Crippen LogP contribution >= 0.6 is 0 Å². The van der Waals surface area contributed by atoms with Crippen molar-refractivity contribution < 1.29 is 0 Å². The van der Waals surface area contributed by atoms with Crippen molar-refractivity contribution in [1.29, 1.82) is 0 Å². The summed E-state index contributed by atoms with van der Waals surface area (Å²) in [4.78, 5) is 11.6. The first-order chi connectivity index (χ1) is 10.2. The van der Waals surface area contributed by atoms with Crippen molar-refractivity contribution >= 4 is 11.5 Å². The van der Waals surface area contributed by atoms with E-state index in [1.165, 1.54) is 11.3 Å². The summed E-state index contributed by atoms with van der Waals surface area (Å²) in [7, 11) is 1.89. The van der Waals surface area contributed by atoms with Gasteiger partial charge in [0.2, 0.25) is 0 Å². The zero-order valence-corrected chi connectivity index (χ0v) is 12.9. The van der Waals surface area contributed by atoms with Gasteiger partial charge in [-0.05, 0) is 30.9 Å². The molecule has 110 valence electrons. The summed E-state index contributed by atoms with van der Waals surface area (Å²) < 4.78 is 0. The zero-order valence-electron chi connectivity index (χ0n) is 12.9. The third-order valence-electron chi connectivity index (χ3n) is 3.92. The second-order valence-corrected chi connectivity index (χ2v) is 5.88. The monoisotopic (exact) mass is 282 g/mol. The van der Waals surface area contributed by atoms with Crippen LogP contribution in [0.1, 0.15) is 24.0 Å². The van der Waals surface area contributed by atoms with Crippen molar-refractivity contribution in [2.24, 2.45) is 5.92 Å². The van der Waals surface area contributed by atoms with E-state index in [0.717, 1.165) is 36.8 Å². The van der Waals surface area contributed by atoms with Gasteiger partial charge in [0.05, 0.1) is 6.54 Å². The van der Waals surface area contributed by atoms with Gasteiger partial charge in [-0.1, -0.05) is 25.1 Å². The number of aryl methyl sites for hydroxylation is 1. The van der Waals surface area contributed by atoms with Crippen LogP contribution in [0.25, 0.3) is 0 Å². The van der Waals surface area contributed by atoms with Crippen LogP contribution < -0.4 is 10.2 Å². The van der Waals surface area contributed by atoms with Crippen LogP contribution in [0.2, 0.25) is 0 Å². The van der Waals surface area contributed by atoms with Crippen LogP contribution in [0.15, 0.2) is 30.3 Å². The van der Waals surface area contributed by atoms with Gasteiger partial charge in [0.1, 0.15) is 11.6 Å². The number of aromatic nitrogens is 2. The predicted octanol–water partition coefficient (Wildman–Crippen LogP) is 3.03. The minimum absolute atomic E-state index is 0.661. The molecule has 4 heteroatoms. The van der Waals surface area contributed by atoms with Gasteiger partial charge in [0, 0.05) is 31.0 Å². The molecule has 1 aromatic heterocycles. The van der Waals surface area contributed by atoms with E-state index >= 15 is 0 Å². The van der Waals surface area contributed by atoms with Gasteiger partial charge in [0.25, 0.3) is 0 Å². The predicted molar refractivity (Wildman–Crippen MR) is 86.7 cm³/mol. The van der Waals surface area contributed by atoms with Gasteiger partial charge in [-0.15, -0.1) is 0 Å². The van der Waals surface area contributed by atoms with E-state index in [1.807, 2.05) is 20.0 Å². The van der Waals surface area contributed by atoms with E-state index in [2.05, 4.69) is 51.4 Å². The molecule has 21 heavy (non-hydrogen) atoms. The normalized spacial score (nSPS) is 17.5. The molecule has 1 unspecified atom stereocenters. The lowest BCUT2D eigenvalue weighted by Crippen LogP contribution is -2.34. The number of nitrogens with zero attached hydrogens (tertiary/aromatic N) is 3. The number of fused-ring (bicyclic) bond motifs is 1. The second kappa shape index (κ2) is 5.72. The summed E-state index contributed by atoms with van der Waals surface area (Å²) in [6, 6.07) is 10.6. The quantitative estimate of drug-likeness (QED) is 0.939. The molecule has 2 aromatic rings. The number of anilines is 2. The Bertz CT molecular complexity index is 638. The molecule has 1 aliphatic heterocycles. The molecular formula is C17H22N4. The standard InChI is InChI=1S/C17H22N4/c1-12-8-14-6-4-5-7-15(14)21(10-12)11-17-19-13(2)9-16(18-3)20-17/h4-7,9,12H,8,10-11H2,1-3H3,(H,18,19,20). The highest BCUT2D eigenvalue weighted by molar-refractivity contribution is 5.55. The lowest BCUT2D eigenvalue weighted by Gasteiger charge is -2.34. The van der Waals surface area contributed by atoms with Crippen LogP contribution in [0.5, 0.6) is 0 Å². The largest absolute Gasteiger partial charge is 0.373 e. The summed E-state index contributed by atoms with van der Waals surface area (Å²) >= 11 is 0. The van der Waals surface area contributed by atoms with Crippen molar-refractivity contribution in [3.05, 3.63) is 47.4 Å². The van der Waals surface area contributed by atoms with Gasteiger partial charge < -0.3 is 10.2 Å². The zero-order chi connectivity index (χ0) is 14.8. The van der Waals surface area contributed by atoms with E-state index in [0.29, 0.717) is 5.92 Å². The van der Waals surface area contributed by atoms with Crippen LogP contribution in [-0.4, -0.2) is 23.6 Å². The fourth-order valence-corrected chi connectivity index (χ4v) is 3.06. The maximum Gasteiger partial charge on any atom is 0.150 e. The molecule has 0 saturated carbocycles. The fourth-order valence-electron chi connectivity index (χ4n) is 3.06. The third-order valence-corrected chi connectivity index (χ3v) is 3.92. The van der Waals surface area contributed by atoms with Crippen LogP contribution in [-0.2, 0) is 13.0 Å². The molecule has 3 rings (SSSR count). The number of hydrogen-bond donors (Lipinski definition) is 1. The van der Waals surface area contributed by atoms with Crippen molar-refractivity contribution in [3.63, 3.8) is 0 Å². The molecule has 1 N–H and O–H groups in total. The van der Waals surface area contributed by atoms with Gasteiger partial charge in [0.15, 0.2) is 0 Å². The fraction of sp³-hybridized carbons (Fsp3) is 0.412. The topological polar surface area (TPSA) is 41.1 Å². The Balaban J connectivity index is 1.90. The minimum Gasteiger partial charge on any atom is -0.373 e. The molecule has 0 spiro atoms. The van der Waals surface area contributed by atoms with Gasteiger partial charge in [-0.3, -0.25) is 0 Å². The molecule has 0 saturated heterocycles. The Morgan fingerprint density at radius 3 is 2.90 bits per heavy atom. The summed E-state index contributed by atoms with van der Waals surface area (Å²) in [5.74, 6) is 2.42. The first-order valence-corrected chi connectivity index (χ1v) is 7.51. The van der Waals surface area contributed by atoms with E-state index < -0.39 is 0 Å². The number of rotatable bonds is 3. The number of para-hydroxylation sites is 1. The van der Waals surface area contributed by atoms with Gasteiger partial charge in [-0.2, -0.15) is 0 Å². The maximum atomic E-state index is 4.58. The lowest BCUT2D eigenvalue weighted by atomic mass is 9.94. The summed E-state index contributed by atoms with van der Waals surface area (Å²) in [6.07, 6.45) is 1.16. The molecule has 1 aromatic carbocycles. The van der Waals surface area contributed by atoms with Crippen LogP contribution in [0.3, 0.4) is 0 Å². The van der Waals surface area contributed by atoms with Crippen molar-refractivity contribution in [2.45, 2.75) is 26.8 Å². The van der Waals surface area contributed by atoms with Crippen LogP contribution in [0.4, 0.5) is 11.5 Å². The maximum absolute atomic E-state index is 4.58. The Hall–Kier alpha value is -2.10. The molecule has 0 radical (unpaired) electrons. The van der Waals surface area contributed by atoms with E-state index in [4.69, 9.17) is 0 Å². The first-order valence-electron chi connectivity index (χ1n) is 7.51. The molecule has 0 bridgehead atoms. The van der Waals surface area contributed by atoms with Crippen LogP contribution in [0, 0.1) is 12.8 Å². The van der Waals surface area contributed by atoms with Gasteiger partial charge >= 0.3 is 0 Å². The van der Waals surface area contributed by atoms with Crippen molar-refractivity contribution in [3.8, 4) is 0 Å². The number of nitrogens with one attached hydrogen (secondary N) is 1. The Kier molecular flexibility index (Phi) is 3.78.